The van der Waals surface area contributed by atoms with Gasteiger partial charge < -0.3 is 4.42 Å². The van der Waals surface area contributed by atoms with Gasteiger partial charge >= 0.3 is 6.18 Å². The molecule has 0 bridgehead atoms. The lowest BCUT2D eigenvalue weighted by atomic mass is 9.89. The van der Waals surface area contributed by atoms with Crippen molar-refractivity contribution in [3.63, 3.8) is 0 Å². The van der Waals surface area contributed by atoms with E-state index in [9.17, 15) is 21.6 Å². The van der Waals surface area contributed by atoms with Crippen LogP contribution in [0.3, 0.4) is 0 Å². The Hall–Kier alpha value is -2.82. The molecule has 1 N–H and O–H groups in total. The third kappa shape index (κ3) is 5.32. The molecule has 7 nitrogen and oxygen atoms in total. The van der Waals surface area contributed by atoms with E-state index in [0.717, 1.165) is 4.31 Å². The first-order valence-electron chi connectivity index (χ1n) is 9.82. The van der Waals surface area contributed by atoms with Crippen molar-refractivity contribution < 1.29 is 26.0 Å². The molecule has 0 aliphatic heterocycles. The summed E-state index contributed by atoms with van der Waals surface area (Å²) in [4.78, 5) is 4.29. The van der Waals surface area contributed by atoms with E-state index in [-0.39, 0.29) is 12.2 Å². The molecule has 3 aromatic rings. The van der Waals surface area contributed by atoms with Gasteiger partial charge in [0.05, 0.1) is 24.1 Å². The second kappa shape index (κ2) is 8.27. The summed E-state index contributed by atoms with van der Waals surface area (Å²) in [6, 6.07) is 6.01. The fourth-order valence-corrected chi connectivity index (χ4v) is 4.58. The number of nitrogens with one attached hydrogen (secondary N) is 1. The van der Waals surface area contributed by atoms with E-state index in [2.05, 4.69) is 15.2 Å². The van der Waals surface area contributed by atoms with Crippen LogP contribution in [0.1, 0.15) is 43.5 Å². The van der Waals surface area contributed by atoms with Crippen LogP contribution in [-0.4, -0.2) is 35.5 Å². The van der Waals surface area contributed by atoms with Crippen LogP contribution in [0.25, 0.3) is 11.5 Å². The predicted molar refractivity (Wildman–Crippen MR) is 115 cm³/mol. The Balaban J connectivity index is 2.02. The Bertz CT molecular complexity index is 1170. The average molecular weight is 471 g/mol. The molecule has 0 saturated carbocycles. The zero-order chi connectivity index (χ0) is 23.9. The average Bonchev–Trinajstić information content (AvgIpc) is 3.24. The van der Waals surface area contributed by atoms with E-state index in [0.29, 0.717) is 34.2 Å². The maximum atomic E-state index is 13.1. The number of rotatable bonds is 6. The van der Waals surface area contributed by atoms with Crippen LogP contribution in [0.5, 0.6) is 0 Å². The van der Waals surface area contributed by atoms with Gasteiger partial charge in [-0.3, -0.25) is 9.40 Å². The number of oxazole rings is 1. The number of sulfonamides is 1. The van der Waals surface area contributed by atoms with E-state index >= 15 is 0 Å². The molecule has 0 aliphatic carbocycles. The third-order valence-corrected chi connectivity index (χ3v) is 6.60. The molecular formula is C21H25F3N4O3S. The molecule has 1 aromatic carbocycles. The lowest BCUT2D eigenvalue weighted by Gasteiger charge is -2.27. The van der Waals surface area contributed by atoms with Gasteiger partial charge in [0.25, 0.3) is 0 Å². The quantitative estimate of drug-likeness (QED) is 0.555. The second-order valence-electron chi connectivity index (χ2n) is 8.61. The summed E-state index contributed by atoms with van der Waals surface area (Å²) in [5, 5.41) is 6.79. The van der Waals surface area contributed by atoms with Crippen LogP contribution >= 0.6 is 0 Å². The smallest absolute Gasteiger partial charge is 0.404 e. The minimum absolute atomic E-state index is 0.0964. The van der Waals surface area contributed by atoms with Gasteiger partial charge in [-0.1, -0.05) is 20.8 Å². The largest absolute Gasteiger partial charge is 0.441 e. The summed E-state index contributed by atoms with van der Waals surface area (Å²) in [6.45, 7) is 8.95. The van der Waals surface area contributed by atoms with Crippen molar-refractivity contribution >= 4 is 15.7 Å². The van der Waals surface area contributed by atoms with Gasteiger partial charge in [0.2, 0.25) is 15.9 Å². The van der Waals surface area contributed by atoms with E-state index in [1.54, 1.807) is 26.0 Å². The van der Waals surface area contributed by atoms with Crippen molar-refractivity contribution in [2.75, 3.05) is 10.1 Å². The molecule has 174 valence electrons. The first kappa shape index (κ1) is 23.8. The van der Waals surface area contributed by atoms with Crippen molar-refractivity contribution in [1.29, 1.82) is 0 Å². The minimum Gasteiger partial charge on any atom is -0.441 e. The molecule has 3 rings (SSSR count). The highest BCUT2D eigenvalue weighted by atomic mass is 32.2. The van der Waals surface area contributed by atoms with Crippen molar-refractivity contribution in [3.8, 4) is 11.5 Å². The van der Waals surface area contributed by atoms with E-state index in [1.165, 1.54) is 18.3 Å². The monoisotopic (exact) mass is 470 g/mol. The van der Waals surface area contributed by atoms with Crippen LogP contribution in [0, 0.1) is 13.8 Å². The number of anilines is 1. The zero-order valence-electron chi connectivity index (χ0n) is 18.4. The number of aromatic nitrogens is 3. The molecule has 2 aromatic heterocycles. The molecule has 0 fully saturated rings. The summed E-state index contributed by atoms with van der Waals surface area (Å²) in [5.41, 5.74) is 2.12. The molecular weight excluding hydrogens is 445 g/mol. The number of nitrogens with zero attached hydrogens (tertiary/aromatic N) is 3. The third-order valence-electron chi connectivity index (χ3n) is 4.89. The normalized spacial score (nSPS) is 12.9. The summed E-state index contributed by atoms with van der Waals surface area (Å²) < 4.78 is 71.1. The number of H-pyrrole nitrogens is 1. The zero-order valence-corrected chi connectivity index (χ0v) is 19.2. The molecule has 0 atom stereocenters. The summed E-state index contributed by atoms with van der Waals surface area (Å²) >= 11 is 0. The van der Waals surface area contributed by atoms with Gasteiger partial charge in [0.1, 0.15) is 5.76 Å². The fourth-order valence-electron chi connectivity index (χ4n) is 3.24. The van der Waals surface area contributed by atoms with Crippen molar-refractivity contribution in [3.05, 3.63) is 53.2 Å². The maximum absolute atomic E-state index is 13.1. The van der Waals surface area contributed by atoms with Crippen LogP contribution in [0.15, 0.2) is 34.9 Å². The standard InChI is InChI=1S/C21H25F3N4O3S/c1-13-14(2)31-19(26-13)15-6-8-17(9-7-15)28(32(29,30)12-21(22,23)24)11-16-10-25-27-18(16)20(3,4)5/h6-10H,11-12H2,1-5H3,(H,25,27). The van der Waals surface area contributed by atoms with E-state index in [1.807, 2.05) is 20.8 Å². The molecule has 0 unspecified atom stereocenters. The van der Waals surface area contributed by atoms with Crippen molar-refractivity contribution in [1.82, 2.24) is 15.2 Å². The molecule has 0 aliphatic rings. The van der Waals surface area contributed by atoms with Crippen molar-refractivity contribution in [2.45, 2.75) is 52.8 Å². The molecule has 11 heteroatoms. The van der Waals surface area contributed by atoms with Gasteiger partial charge in [-0.2, -0.15) is 18.3 Å². The topological polar surface area (TPSA) is 92.1 Å². The van der Waals surface area contributed by atoms with Crippen LogP contribution < -0.4 is 4.31 Å². The Labute approximate surface area is 184 Å². The van der Waals surface area contributed by atoms with Crippen LogP contribution in [0.2, 0.25) is 0 Å². The second-order valence-corrected chi connectivity index (χ2v) is 10.5. The Kier molecular flexibility index (Phi) is 6.16. The molecule has 0 spiro atoms. The molecule has 0 radical (unpaired) electrons. The number of aromatic amines is 1. The Morgan fingerprint density at radius 1 is 1.09 bits per heavy atom. The Morgan fingerprint density at radius 3 is 2.22 bits per heavy atom. The van der Waals surface area contributed by atoms with Crippen LogP contribution in [-0.2, 0) is 22.0 Å². The van der Waals surface area contributed by atoms with Gasteiger partial charge in [-0.25, -0.2) is 13.4 Å². The van der Waals surface area contributed by atoms with E-state index in [4.69, 9.17) is 4.42 Å². The molecule has 0 saturated heterocycles. The number of halogens is 3. The lowest BCUT2D eigenvalue weighted by molar-refractivity contribution is -0.106. The molecule has 2 heterocycles. The van der Waals surface area contributed by atoms with Gasteiger partial charge in [-0.05, 0) is 38.1 Å². The summed E-state index contributed by atoms with van der Waals surface area (Å²) in [7, 11) is -4.72. The van der Waals surface area contributed by atoms with Crippen LogP contribution in [0.4, 0.5) is 18.9 Å². The van der Waals surface area contributed by atoms with Crippen molar-refractivity contribution in [2.24, 2.45) is 0 Å². The summed E-state index contributed by atoms with van der Waals surface area (Å²) in [5.74, 6) is -0.975. The number of hydrogen-bond acceptors (Lipinski definition) is 5. The first-order chi connectivity index (χ1) is 14.7. The number of alkyl halides is 3. The number of hydrogen-bond donors (Lipinski definition) is 1. The molecule has 0 amide bonds. The molecule has 32 heavy (non-hydrogen) atoms. The van der Waals surface area contributed by atoms with Gasteiger partial charge in [0, 0.05) is 22.2 Å². The lowest BCUT2D eigenvalue weighted by Crippen LogP contribution is -2.38. The minimum atomic E-state index is -4.88. The highest BCUT2D eigenvalue weighted by molar-refractivity contribution is 7.92. The Morgan fingerprint density at radius 2 is 1.72 bits per heavy atom. The highest BCUT2D eigenvalue weighted by Crippen LogP contribution is 2.31. The number of benzene rings is 1. The summed E-state index contributed by atoms with van der Waals surface area (Å²) in [6.07, 6.45) is -3.45. The van der Waals surface area contributed by atoms with Gasteiger partial charge in [-0.15, -0.1) is 0 Å². The predicted octanol–water partition coefficient (Wildman–Crippen LogP) is 4.88. The first-order valence-corrected chi connectivity index (χ1v) is 11.4. The SMILES string of the molecule is Cc1nc(-c2ccc(N(Cc3cn[nH]c3C(C)(C)C)S(=O)(=O)CC(F)(F)F)cc2)oc1C. The highest BCUT2D eigenvalue weighted by Gasteiger charge is 2.39. The van der Waals surface area contributed by atoms with Gasteiger partial charge in [0.15, 0.2) is 5.75 Å². The number of aryl methyl sites for hydroxylation is 2. The maximum Gasteiger partial charge on any atom is 0.404 e. The van der Waals surface area contributed by atoms with E-state index < -0.39 is 27.4 Å². The fraction of sp³-hybridized carbons (Fsp3) is 0.429.